The minimum Gasteiger partial charge on any atom is -0.448 e. The lowest BCUT2D eigenvalue weighted by Gasteiger charge is -2.30. The van der Waals surface area contributed by atoms with Gasteiger partial charge in [0, 0.05) is 0 Å². The van der Waals surface area contributed by atoms with Gasteiger partial charge in [-0.3, -0.25) is 0 Å². The lowest BCUT2D eigenvalue weighted by Crippen LogP contribution is -2.21. The molecule has 19 heavy (non-hydrogen) atoms. The average Bonchev–Trinajstić information content (AvgIpc) is 2.77. The van der Waals surface area contributed by atoms with Gasteiger partial charge in [0.2, 0.25) is 0 Å². The smallest absolute Gasteiger partial charge is 0.193 e. The van der Waals surface area contributed by atoms with Crippen molar-refractivity contribution in [2.24, 2.45) is 0 Å². The Hall–Kier alpha value is -1.25. The summed E-state index contributed by atoms with van der Waals surface area (Å²) in [5, 5.41) is 3.78. The minimum absolute atomic E-state index is 0.0734. The molecule has 3 rings (SSSR count). The summed E-state index contributed by atoms with van der Waals surface area (Å²) in [5.74, 6) is 1.58. The lowest BCUT2D eigenvalue weighted by atomic mass is 9.77. The van der Waals surface area contributed by atoms with Crippen molar-refractivity contribution in [3.63, 3.8) is 0 Å². The van der Waals surface area contributed by atoms with Crippen molar-refractivity contribution in [1.29, 1.82) is 0 Å². The highest BCUT2D eigenvalue weighted by molar-refractivity contribution is 6.28. The molecule has 0 bridgehead atoms. The molecule has 1 saturated carbocycles. The van der Waals surface area contributed by atoms with Crippen LogP contribution < -0.4 is 5.32 Å². The van der Waals surface area contributed by atoms with Gasteiger partial charge in [-0.2, -0.15) is 0 Å². The van der Waals surface area contributed by atoms with Gasteiger partial charge in [-0.05, 0) is 60.7 Å². The molecule has 0 amide bonds. The highest BCUT2D eigenvalue weighted by Crippen LogP contribution is 2.40. The second kappa shape index (κ2) is 5.40. The highest BCUT2D eigenvalue weighted by Gasteiger charge is 2.26. The Morgan fingerprint density at radius 2 is 2.00 bits per heavy atom. The predicted molar refractivity (Wildman–Crippen MR) is 77.7 cm³/mol. The third-order valence-corrected chi connectivity index (χ3v) is 4.22. The molecule has 100 valence electrons. The molecule has 1 fully saturated rings. The molecule has 0 spiro atoms. The van der Waals surface area contributed by atoms with Crippen molar-refractivity contribution in [1.82, 2.24) is 5.32 Å². The first-order valence-corrected chi connectivity index (χ1v) is 7.18. The summed E-state index contributed by atoms with van der Waals surface area (Å²) in [6.45, 7) is 0. The van der Waals surface area contributed by atoms with E-state index in [0.29, 0.717) is 11.1 Å². The van der Waals surface area contributed by atoms with E-state index < -0.39 is 0 Å². The fourth-order valence-electron chi connectivity index (χ4n) is 2.80. The summed E-state index contributed by atoms with van der Waals surface area (Å²) < 4.78 is 5.58. The molecular weight excluding hydrogens is 258 g/mol. The van der Waals surface area contributed by atoms with Gasteiger partial charge in [-0.1, -0.05) is 30.7 Å². The molecule has 0 radical (unpaired) electrons. The summed E-state index contributed by atoms with van der Waals surface area (Å²) in [5.41, 5.74) is 2.75. The van der Waals surface area contributed by atoms with Gasteiger partial charge >= 0.3 is 0 Å². The fraction of sp³-hybridized carbons (Fsp3) is 0.375. The van der Waals surface area contributed by atoms with E-state index in [9.17, 15) is 0 Å². The maximum absolute atomic E-state index is 5.90. The van der Waals surface area contributed by atoms with Crippen LogP contribution in [0.25, 0.3) is 0 Å². The van der Waals surface area contributed by atoms with Crippen molar-refractivity contribution in [3.05, 3.63) is 58.5 Å². The maximum Gasteiger partial charge on any atom is 0.193 e. The Morgan fingerprint density at radius 1 is 1.21 bits per heavy atom. The first-order chi connectivity index (χ1) is 9.29. The van der Waals surface area contributed by atoms with Crippen molar-refractivity contribution in [2.75, 3.05) is 7.05 Å². The van der Waals surface area contributed by atoms with Gasteiger partial charge in [0.05, 0.1) is 6.04 Å². The Labute approximate surface area is 118 Å². The van der Waals surface area contributed by atoms with Crippen LogP contribution in [0.2, 0.25) is 5.22 Å². The van der Waals surface area contributed by atoms with Crippen molar-refractivity contribution >= 4 is 11.6 Å². The van der Waals surface area contributed by atoms with Crippen molar-refractivity contribution < 1.29 is 4.42 Å². The number of nitrogens with one attached hydrogen (secondary N) is 1. The second-order valence-electron chi connectivity index (χ2n) is 5.12. The number of hydrogen-bond acceptors (Lipinski definition) is 2. The summed E-state index contributed by atoms with van der Waals surface area (Å²) in [6, 6.07) is 12.5. The molecule has 2 nitrogen and oxygen atoms in total. The molecule has 1 N–H and O–H groups in total. The zero-order chi connectivity index (χ0) is 13.2. The quantitative estimate of drug-likeness (QED) is 0.888. The number of hydrogen-bond donors (Lipinski definition) is 1. The molecule has 0 saturated heterocycles. The minimum atomic E-state index is 0.0734. The molecule has 0 aliphatic heterocycles. The van der Waals surface area contributed by atoms with Crippen LogP contribution in [0.1, 0.15) is 48.1 Å². The Bertz CT molecular complexity index is 559. The van der Waals surface area contributed by atoms with Crippen LogP contribution in [0, 0.1) is 0 Å². The zero-order valence-corrected chi connectivity index (χ0v) is 11.8. The largest absolute Gasteiger partial charge is 0.448 e. The van der Waals surface area contributed by atoms with Crippen LogP contribution >= 0.6 is 11.6 Å². The van der Waals surface area contributed by atoms with Gasteiger partial charge in [0.1, 0.15) is 5.76 Å². The van der Waals surface area contributed by atoms with Crippen LogP contribution in [0.15, 0.2) is 40.8 Å². The SMILES string of the molecule is CNC(c1ccc(Cl)o1)c1ccccc1C1CCC1. The van der Waals surface area contributed by atoms with Crippen LogP contribution in [0.5, 0.6) is 0 Å². The molecule has 1 aliphatic rings. The average molecular weight is 276 g/mol. The maximum atomic E-state index is 5.90. The fourth-order valence-corrected chi connectivity index (χ4v) is 2.95. The Kier molecular flexibility index (Phi) is 3.63. The van der Waals surface area contributed by atoms with Crippen LogP contribution in [0.4, 0.5) is 0 Å². The molecule has 1 aromatic carbocycles. The predicted octanol–water partition coefficient (Wildman–Crippen LogP) is 4.51. The van der Waals surface area contributed by atoms with E-state index in [4.69, 9.17) is 16.0 Å². The normalized spacial score (nSPS) is 17.2. The Balaban J connectivity index is 1.99. The topological polar surface area (TPSA) is 25.2 Å². The second-order valence-corrected chi connectivity index (χ2v) is 5.49. The zero-order valence-electron chi connectivity index (χ0n) is 11.0. The third kappa shape index (κ3) is 2.43. The van der Waals surface area contributed by atoms with Gasteiger partial charge in [-0.25, -0.2) is 0 Å². The van der Waals surface area contributed by atoms with Gasteiger partial charge < -0.3 is 9.73 Å². The number of rotatable bonds is 4. The number of benzene rings is 1. The van der Waals surface area contributed by atoms with Crippen LogP contribution in [-0.4, -0.2) is 7.05 Å². The van der Waals surface area contributed by atoms with Crippen LogP contribution in [0.3, 0.4) is 0 Å². The van der Waals surface area contributed by atoms with E-state index >= 15 is 0 Å². The first kappa shape index (κ1) is 12.8. The lowest BCUT2D eigenvalue weighted by molar-refractivity contribution is 0.409. The summed E-state index contributed by atoms with van der Waals surface area (Å²) >= 11 is 5.90. The third-order valence-electron chi connectivity index (χ3n) is 4.02. The van der Waals surface area contributed by atoms with Gasteiger partial charge in [0.15, 0.2) is 5.22 Å². The molecule has 2 aromatic rings. The molecule has 1 unspecified atom stereocenters. The summed E-state index contributed by atoms with van der Waals surface area (Å²) in [4.78, 5) is 0. The van der Waals surface area contributed by atoms with E-state index in [1.165, 1.54) is 30.4 Å². The molecule has 1 heterocycles. The summed E-state index contributed by atoms with van der Waals surface area (Å²) in [6.07, 6.45) is 3.94. The summed E-state index contributed by atoms with van der Waals surface area (Å²) in [7, 11) is 1.96. The van der Waals surface area contributed by atoms with Crippen molar-refractivity contribution in [2.45, 2.75) is 31.2 Å². The molecular formula is C16H18ClNO. The molecule has 1 aliphatic carbocycles. The van der Waals surface area contributed by atoms with E-state index in [0.717, 1.165) is 5.76 Å². The number of halogens is 1. The molecule has 1 aromatic heterocycles. The monoisotopic (exact) mass is 275 g/mol. The van der Waals surface area contributed by atoms with Crippen molar-refractivity contribution in [3.8, 4) is 0 Å². The van der Waals surface area contributed by atoms with E-state index in [-0.39, 0.29) is 6.04 Å². The van der Waals surface area contributed by atoms with Gasteiger partial charge in [0.25, 0.3) is 0 Å². The first-order valence-electron chi connectivity index (χ1n) is 6.81. The highest BCUT2D eigenvalue weighted by atomic mass is 35.5. The van der Waals surface area contributed by atoms with Gasteiger partial charge in [-0.15, -0.1) is 0 Å². The van der Waals surface area contributed by atoms with E-state index in [2.05, 4.69) is 29.6 Å². The van der Waals surface area contributed by atoms with Crippen LogP contribution in [-0.2, 0) is 0 Å². The molecule has 1 atom stereocenters. The number of furan rings is 1. The van der Waals surface area contributed by atoms with E-state index in [1.54, 1.807) is 6.07 Å². The van der Waals surface area contributed by atoms with E-state index in [1.807, 2.05) is 13.1 Å². The Morgan fingerprint density at radius 3 is 2.58 bits per heavy atom. The molecule has 3 heteroatoms. The standard InChI is InChI=1S/C16H18ClNO/c1-18-16(14-9-10-15(17)19-14)13-8-3-2-7-12(13)11-5-4-6-11/h2-3,7-11,16,18H,4-6H2,1H3.